The zero-order chi connectivity index (χ0) is 8.10. The minimum Gasteiger partial charge on any atom is -0.395 e. The molecule has 0 aromatic rings. The molecular formula is C8H17N2O. The van der Waals surface area contributed by atoms with E-state index in [1.54, 1.807) is 0 Å². The summed E-state index contributed by atoms with van der Waals surface area (Å²) in [6.45, 7) is 0.882. The van der Waals surface area contributed by atoms with E-state index in [-0.39, 0.29) is 12.6 Å². The van der Waals surface area contributed by atoms with Crippen molar-refractivity contribution in [2.75, 3.05) is 13.2 Å². The van der Waals surface area contributed by atoms with Crippen LogP contribution in [0.5, 0.6) is 0 Å². The maximum absolute atomic E-state index is 8.56. The Bertz CT molecular complexity index is 108. The highest BCUT2D eigenvalue weighted by Gasteiger charge is 2.18. The SMILES string of the molecule is NC1[CH]C(NCCO)CCC1. The summed E-state index contributed by atoms with van der Waals surface area (Å²) in [5, 5.41) is 11.8. The van der Waals surface area contributed by atoms with Crippen molar-refractivity contribution in [3.8, 4) is 0 Å². The van der Waals surface area contributed by atoms with Crippen molar-refractivity contribution < 1.29 is 5.11 Å². The lowest BCUT2D eigenvalue weighted by atomic mass is 9.92. The fraction of sp³-hybridized carbons (Fsp3) is 0.875. The normalized spacial score (nSPS) is 32.2. The van der Waals surface area contributed by atoms with Crippen LogP contribution in [-0.4, -0.2) is 30.3 Å². The minimum absolute atomic E-state index is 0.208. The van der Waals surface area contributed by atoms with Gasteiger partial charge in [-0.1, -0.05) is 6.42 Å². The van der Waals surface area contributed by atoms with Gasteiger partial charge in [-0.15, -0.1) is 0 Å². The van der Waals surface area contributed by atoms with E-state index in [9.17, 15) is 0 Å². The summed E-state index contributed by atoms with van der Waals surface area (Å²) < 4.78 is 0. The third-order valence-electron chi connectivity index (χ3n) is 2.05. The van der Waals surface area contributed by atoms with Crippen LogP contribution in [0.4, 0.5) is 0 Å². The smallest absolute Gasteiger partial charge is 0.0556 e. The van der Waals surface area contributed by atoms with Gasteiger partial charge in [0.1, 0.15) is 0 Å². The summed E-state index contributed by atoms with van der Waals surface area (Å²) in [4.78, 5) is 0. The molecule has 1 aliphatic carbocycles. The van der Waals surface area contributed by atoms with Gasteiger partial charge in [0.2, 0.25) is 0 Å². The minimum atomic E-state index is 0.208. The number of aliphatic hydroxyl groups excluding tert-OH is 1. The molecule has 0 spiro atoms. The molecule has 1 saturated carbocycles. The standard InChI is InChI=1S/C8H17N2O/c9-7-2-1-3-8(6-7)10-4-5-11/h6-8,10-11H,1-5,9H2. The molecule has 0 amide bonds. The van der Waals surface area contributed by atoms with Crippen LogP contribution < -0.4 is 11.1 Å². The van der Waals surface area contributed by atoms with Crippen LogP contribution >= 0.6 is 0 Å². The first-order valence-electron chi connectivity index (χ1n) is 4.27. The molecule has 0 aromatic heterocycles. The van der Waals surface area contributed by atoms with Gasteiger partial charge in [-0.05, 0) is 19.3 Å². The van der Waals surface area contributed by atoms with Crippen LogP contribution in [-0.2, 0) is 0 Å². The average Bonchev–Trinajstić information content (AvgIpc) is 2.01. The van der Waals surface area contributed by atoms with Crippen LogP contribution in [0.3, 0.4) is 0 Å². The van der Waals surface area contributed by atoms with Gasteiger partial charge in [-0.2, -0.15) is 0 Å². The maximum Gasteiger partial charge on any atom is 0.0556 e. The summed E-state index contributed by atoms with van der Waals surface area (Å²) >= 11 is 0. The van der Waals surface area contributed by atoms with Gasteiger partial charge in [0, 0.05) is 18.6 Å². The van der Waals surface area contributed by atoms with Gasteiger partial charge in [0.15, 0.2) is 0 Å². The predicted octanol–water partition coefficient (Wildman–Crippen LogP) is -0.348. The van der Waals surface area contributed by atoms with Gasteiger partial charge >= 0.3 is 0 Å². The fourth-order valence-electron chi connectivity index (χ4n) is 1.48. The van der Waals surface area contributed by atoms with Crippen molar-refractivity contribution in [2.45, 2.75) is 31.3 Å². The third-order valence-corrected chi connectivity index (χ3v) is 2.05. The number of hydrogen-bond donors (Lipinski definition) is 3. The first-order chi connectivity index (χ1) is 5.33. The highest BCUT2D eigenvalue weighted by atomic mass is 16.3. The molecule has 11 heavy (non-hydrogen) atoms. The molecule has 0 saturated heterocycles. The Kier molecular flexibility index (Phi) is 3.83. The van der Waals surface area contributed by atoms with Crippen molar-refractivity contribution in [1.29, 1.82) is 0 Å². The second-order valence-corrected chi connectivity index (χ2v) is 3.07. The number of nitrogens with one attached hydrogen (secondary N) is 1. The number of hydrogen-bond acceptors (Lipinski definition) is 3. The van der Waals surface area contributed by atoms with Crippen LogP contribution in [0.2, 0.25) is 0 Å². The van der Waals surface area contributed by atoms with Crippen LogP contribution in [0.1, 0.15) is 19.3 Å². The van der Waals surface area contributed by atoms with E-state index in [1.165, 1.54) is 6.42 Å². The molecule has 3 heteroatoms. The Balaban J connectivity index is 2.12. The predicted molar refractivity (Wildman–Crippen MR) is 45.0 cm³/mol. The summed E-state index contributed by atoms with van der Waals surface area (Å²) in [5.74, 6) is 0. The van der Waals surface area contributed by atoms with Gasteiger partial charge < -0.3 is 16.2 Å². The molecule has 0 aromatic carbocycles. The van der Waals surface area contributed by atoms with E-state index in [0.717, 1.165) is 12.8 Å². The molecule has 1 rings (SSSR count). The monoisotopic (exact) mass is 157 g/mol. The fourth-order valence-corrected chi connectivity index (χ4v) is 1.48. The van der Waals surface area contributed by atoms with Gasteiger partial charge in [-0.3, -0.25) is 0 Å². The second kappa shape index (κ2) is 4.70. The van der Waals surface area contributed by atoms with Gasteiger partial charge in [0.25, 0.3) is 0 Å². The highest BCUT2D eigenvalue weighted by molar-refractivity contribution is 4.95. The molecular weight excluding hydrogens is 140 g/mol. The quantitative estimate of drug-likeness (QED) is 0.525. The number of aliphatic hydroxyl groups is 1. The lowest BCUT2D eigenvalue weighted by Gasteiger charge is -2.26. The molecule has 2 atom stereocenters. The van der Waals surface area contributed by atoms with Crippen LogP contribution in [0.25, 0.3) is 0 Å². The number of nitrogens with two attached hydrogens (primary N) is 1. The van der Waals surface area contributed by atoms with Gasteiger partial charge in [0.05, 0.1) is 6.61 Å². The number of rotatable bonds is 3. The first kappa shape index (κ1) is 8.97. The summed E-state index contributed by atoms with van der Waals surface area (Å²) in [7, 11) is 0. The van der Waals surface area contributed by atoms with E-state index in [0.29, 0.717) is 12.6 Å². The summed E-state index contributed by atoms with van der Waals surface area (Å²) in [5.41, 5.74) is 5.74. The average molecular weight is 157 g/mol. The second-order valence-electron chi connectivity index (χ2n) is 3.07. The van der Waals surface area contributed by atoms with Crippen LogP contribution in [0.15, 0.2) is 0 Å². The van der Waals surface area contributed by atoms with E-state index >= 15 is 0 Å². The molecule has 0 heterocycles. The van der Waals surface area contributed by atoms with Crippen molar-refractivity contribution in [3.05, 3.63) is 6.42 Å². The lowest BCUT2D eigenvalue weighted by molar-refractivity contribution is 0.280. The van der Waals surface area contributed by atoms with Gasteiger partial charge in [-0.25, -0.2) is 0 Å². The molecule has 2 unspecified atom stereocenters. The topological polar surface area (TPSA) is 58.3 Å². The van der Waals surface area contributed by atoms with Crippen molar-refractivity contribution >= 4 is 0 Å². The van der Waals surface area contributed by atoms with E-state index in [2.05, 4.69) is 11.7 Å². The Morgan fingerprint density at radius 2 is 2.36 bits per heavy atom. The Labute approximate surface area is 68.0 Å². The molecule has 1 aliphatic rings. The van der Waals surface area contributed by atoms with E-state index < -0.39 is 0 Å². The molecule has 4 N–H and O–H groups in total. The highest BCUT2D eigenvalue weighted by Crippen LogP contribution is 2.15. The zero-order valence-corrected chi connectivity index (χ0v) is 6.79. The van der Waals surface area contributed by atoms with E-state index in [1.807, 2.05) is 0 Å². The molecule has 0 aliphatic heterocycles. The van der Waals surface area contributed by atoms with Crippen molar-refractivity contribution in [3.63, 3.8) is 0 Å². The third kappa shape index (κ3) is 3.18. The molecule has 65 valence electrons. The Morgan fingerprint density at radius 1 is 1.55 bits per heavy atom. The van der Waals surface area contributed by atoms with E-state index in [4.69, 9.17) is 10.8 Å². The summed E-state index contributed by atoms with van der Waals surface area (Å²) in [6, 6.07) is 0.672. The molecule has 1 fully saturated rings. The lowest BCUT2D eigenvalue weighted by Crippen LogP contribution is -2.41. The van der Waals surface area contributed by atoms with Crippen LogP contribution in [0, 0.1) is 6.42 Å². The summed E-state index contributed by atoms with van der Waals surface area (Å²) in [6.07, 6.45) is 5.60. The largest absolute Gasteiger partial charge is 0.395 e. The molecule has 0 bridgehead atoms. The Morgan fingerprint density at radius 3 is 3.00 bits per heavy atom. The maximum atomic E-state index is 8.56. The Hall–Kier alpha value is -0.120. The van der Waals surface area contributed by atoms with Crippen molar-refractivity contribution in [1.82, 2.24) is 5.32 Å². The first-order valence-corrected chi connectivity index (χ1v) is 4.27. The molecule has 1 radical (unpaired) electrons. The zero-order valence-electron chi connectivity index (χ0n) is 6.79. The van der Waals surface area contributed by atoms with Crippen molar-refractivity contribution in [2.24, 2.45) is 5.73 Å². The molecule has 3 nitrogen and oxygen atoms in total.